The van der Waals surface area contributed by atoms with Crippen molar-refractivity contribution in [3.05, 3.63) is 64.7 Å². The molecule has 0 atom stereocenters. The number of nitrogens with zero attached hydrogens (tertiary/aromatic N) is 1. The summed E-state index contributed by atoms with van der Waals surface area (Å²) in [6.07, 6.45) is 3.75. The molecular weight excluding hydrogens is 290 g/mol. The molecule has 4 N–H and O–H groups in total. The van der Waals surface area contributed by atoms with E-state index in [4.69, 9.17) is 11.5 Å². The van der Waals surface area contributed by atoms with Gasteiger partial charge in [0.05, 0.1) is 10.2 Å². The van der Waals surface area contributed by atoms with Crippen LogP contribution in [0.25, 0.3) is 16.3 Å². The topological polar surface area (TPSA) is 64.9 Å². The summed E-state index contributed by atoms with van der Waals surface area (Å²) < 4.78 is 1.15. The molecule has 0 amide bonds. The molecule has 0 bridgehead atoms. The van der Waals surface area contributed by atoms with Crippen molar-refractivity contribution in [3.63, 3.8) is 0 Å². The van der Waals surface area contributed by atoms with Crippen LogP contribution < -0.4 is 11.5 Å². The van der Waals surface area contributed by atoms with Crippen molar-refractivity contribution >= 4 is 33.3 Å². The highest BCUT2D eigenvalue weighted by molar-refractivity contribution is 7.19. The van der Waals surface area contributed by atoms with E-state index in [0.717, 1.165) is 32.0 Å². The van der Waals surface area contributed by atoms with Crippen LogP contribution in [0.5, 0.6) is 0 Å². The average molecular weight is 305 g/mol. The smallest absolute Gasteiger partial charge is 0.117 e. The molecule has 0 saturated carbocycles. The van der Waals surface area contributed by atoms with Gasteiger partial charge in [-0.15, -0.1) is 11.3 Å². The molecule has 0 saturated heterocycles. The van der Waals surface area contributed by atoms with E-state index in [2.05, 4.69) is 22.9 Å². The molecule has 0 fully saturated rings. The van der Waals surface area contributed by atoms with E-state index in [9.17, 15) is 0 Å². The molecule has 0 aliphatic heterocycles. The molecule has 22 heavy (non-hydrogen) atoms. The van der Waals surface area contributed by atoms with Gasteiger partial charge in [0.25, 0.3) is 0 Å². The highest BCUT2D eigenvalue weighted by Crippen LogP contribution is 2.24. The first kappa shape index (κ1) is 14.3. The minimum absolute atomic E-state index is 0.548. The van der Waals surface area contributed by atoms with Crippen molar-refractivity contribution in [1.82, 2.24) is 4.98 Å². The summed E-state index contributed by atoms with van der Waals surface area (Å²) in [7, 11) is 0. The summed E-state index contributed by atoms with van der Waals surface area (Å²) >= 11 is 1.64. The van der Waals surface area contributed by atoms with Crippen molar-refractivity contribution in [1.29, 1.82) is 0 Å². The Bertz CT molecular complexity index is 880. The lowest BCUT2D eigenvalue weighted by molar-refractivity contribution is 1.08. The SMILES string of the molecule is NCc1ccc2nc(/C=C/C#Cc3ccc(N)cc3)sc2c1. The normalized spacial score (nSPS) is 10.8. The lowest BCUT2D eigenvalue weighted by atomic mass is 10.2. The Balaban J connectivity index is 1.77. The molecule has 0 aliphatic rings. The third-order valence-electron chi connectivity index (χ3n) is 3.14. The maximum atomic E-state index is 5.65. The van der Waals surface area contributed by atoms with Gasteiger partial charge < -0.3 is 11.5 Å². The minimum Gasteiger partial charge on any atom is -0.399 e. The molecule has 3 nitrogen and oxygen atoms in total. The van der Waals surface area contributed by atoms with Crippen LogP contribution in [0.2, 0.25) is 0 Å². The first-order valence-electron chi connectivity index (χ1n) is 6.88. The second-order valence-corrected chi connectivity index (χ2v) is 5.85. The number of hydrogen-bond acceptors (Lipinski definition) is 4. The van der Waals surface area contributed by atoms with Gasteiger partial charge in [0.15, 0.2) is 0 Å². The van der Waals surface area contributed by atoms with Gasteiger partial charge in [-0.05, 0) is 54.1 Å². The van der Waals surface area contributed by atoms with Crippen LogP contribution in [0.1, 0.15) is 16.1 Å². The molecule has 1 heterocycles. The number of benzene rings is 2. The van der Waals surface area contributed by atoms with E-state index < -0.39 is 0 Å². The molecule has 4 heteroatoms. The third-order valence-corrected chi connectivity index (χ3v) is 4.12. The summed E-state index contributed by atoms with van der Waals surface area (Å²) in [6, 6.07) is 13.6. The van der Waals surface area contributed by atoms with Gasteiger partial charge in [-0.1, -0.05) is 17.9 Å². The lowest BCUT2D eigenvalue weighted by Gasteiger charge is -1.93. The number of rotatable bonds is 2. The second-order valence-electron chi connectivity index (χ2n) is 4.78. The Morgan fingerprint density at radius 1 is 1.14 bits per heavy atom. The molecule has 0 radical (unpaired) electrons. The number of nitrogen functional groups attached to an aromatic ring is 1. The highest BCUT2D eigenvalue weighted by Gasteiger charge is 2.01. The molecule has 0 spiro atoms. The Morgan fingerprint density at radius 3 is 2.73 bits per heavy atom. The zero-order chi connectivity index (χ0) is 15.4. The lowest BCUT2D eigenvalue weighted by Crippen LogP contribution is -1.94. The Labute approximate surface area is 133 Å². The fraction of sp³-hybridized carbons (Fsp3) is 0.0556. The molecule has 2 aromatic carbocycles. The fourth-order valence-electron chi connectivity index (χ4n) is 1.99. The molecule has 1 aromatic heterocycles. The van der Waals surface area contributed by atoms with E-state index in [0.29, 0.717) is 6.54 Å². The van der Waals surface area contributed by atoms with E-state index >= 15 is 0 Å². The van der Waals surface area contributed by atoms with Crippen molar-refractivity contribution < 1.29 is 0 Å². The standard InChI is InChI=1S/C18H15N3S/c19-12-14-7-10-16-17(11-14)22-18(21-16)4-2-1-3-13-5-8-15(20)9-6-13/h2,4-11H,12,19-20H2/b4-2+. The molecule has 3 rings (SSSR count). The van der Waals surface area contributed by atoms with Crippen LogP contribution in [0, 0.1) is 11.8 Å². The van der Waals surface area contributed by atoms with Gasteiger partial charge >= 0.3 is 0 Å². The third kappa shape index (κ3) is 3.34. The number of aromatic nitrogens is 1. The van der Waals surface area contributed by atoms with Crippen molar-refractivity contribution in [2.24, 2.45) is 5.73 Å². The predicted octanol–water partition coefficient (Wildman–Crippen LogP) is 3.40. The van der Waals surface area contributed by atoms with Crippen LogP contribution in [0.4, 0.5) is 5.69 Å². The van der Waals surface area contributed by atoms with Crippen molar-refractivity contribution in [3.8, 4) is 11.8 Å². The predicted molar refractivity (Wildman–Crippen MR) is 94.3 cm³/mol. The van der Waals surface area contributed by atoms with E-state index in [1.165, 1.54) is 0 Å². The first-order chi connectivity index (χ1) is 10.7. The van der Waals surface area contributed by atoms with Gasteiger partial charge in [0.1, 0.15) is 5.01 Å². The molecule has 3 aromatic rings. The quantitative estimate of drug-likeness (QED) is 0.563. The van der Waals surface area contributed by atoms with Gasteiger partial charge in [0, 0.05) is 17.8 Å². The molecule has 0 unspecified atom stereocenters. The van der Waals surface area contributed by atoms with Crippen LogP contribution in [-0.2, 0) is 6.54 Å². The van der Waals surface area contributed by atoms with Crippen molar-refractivity contribution in [2.45, 2.75) is 6.54 Å². The van der Waals surface area contributed by atoms with Gasteiger partial charge in [0.2, 0.25) is 0 Å². The van der Waals surface area contributed by atoms with E-state index in [1.54, 1.807) is 11.3 Å². The van der Waals surface area contributed by atoms with Crippen LogP contribution in [0.15, 0.2) is 48.5 Å². The monoisotopic (exact) mass is 305 g/mol. The summed E-state index contributed by atoms with van der Waals surface area (Å²) in [6.45, 7) is 0.548. The maximum Gasteiger partial charge on any atom is 0.117 e. The summed E-state index contributed by atoms with van der Waals surface area (Å²) in [4.78, 5) is 4.55. The highest BCUT2D eigenvalue weighted by atomic mass is 32.1. The number of fused-ring (bicyclic) bond motifs is 1. The number of anilines is 1. The zero-order valence-corrected chi connectivity index (χ0v) is 12.7. The Kier molecular flexibility index (Phi) is 4.19. The fourth-order valence-corrected chi connectivity index (χ4v) is 2.92. The largest absolute Gasteiger partial charge is 0.399 e. The van der Waals surface area contributed by atoms with Crippen molar-refractivity contribution in [2.75, 3.05) is 5.73 Å². The Hall–Kier alpha value is -2.61. The molecule has 108 valence electrons. The van der Waals surface area contributed by atoms with Gasteiger partial charge in [-0.3, -0.25) is 0 Å². The van der Waals surface area contributed by atoms with Crippen LogP contribution in [-0.4, -0.2) is 4.98 Å². The average Bonchev–Trinajstić information content (AvgIpc) is 2.95. The zero-order valence-electron chi connectivity index (χ0n) is 11.9. The van der Waals surface area contributed by atoms with Crippen LogP contribution >= 0.6 is 11.3 Å². The minimum atomic E-state index is 0.548. The van der Waals surface area contributed by atoms with E-state index in [-0.39, 0.29) is 0 Å². The molecular formula is C18H15N3S. The van der Waals surface area contributed by atoms with E-state index in [1.807, 2.05) is 48.6 Å². The first-order valence-corrected chi connectivity index (χ1v) is 7.69. The number of thiazole rings is 1. The maximum absolute atomic E-state index is 5.65. The number of hydrogen-bond donors (Lipinski definition) is 2. The van der Waals surface area contributed by atoms with Crippen LogP contribution in [0.3, 0.4) is 0 Å². The Morgan fingerprint density at radius 2 is 1.95 bits per heavy atom. The van der Waals surface area contributed by atoms with Gasteiger partial charge in [-0.2, -0.15) is 0 Å². The summed E-state index contributed by atoms with van der Waals surface area (Å²) in [5.41, 5.74) is 15.1. The number of nitrogens with two attached hydrogens (primary N) is 2. The summed E-state index contributed by atoms with van der Waals surface area (Å²) in [5, 5.41) is 0.941. The molecule has 0 aliphatic carbocycles. The second kappa shape index (κ2) is 6.44. The van der Waals surface area contributed by atoms with Gasteiger partial charge in [-0.25, -0.2) is 4.98 Å². The number of allylic oxidation sites excluding steroid dienone is 1. The summed E-state index contributed by atoms with van der Waals surface area (Å²) in [5.74, 6) is 6.07.